The number of benzene rings is 1. The molecule has 100 valence electrons. The molecule has 0 aliphatic carbocycles. The minimum atomic E-state index is -0.159. The van der Waals surface area contributed by atoms with E-state index in [1.807, 2.05) is 12.1 Å². The summed E-state index contributed by atoms with van der Waals surface area (Å²) < 4.78 is 13.0. The lowest BCUT2D eigenvalue weighted by Crippen LogP contribution is -2.38. The van der Waals surface area contributed by atoms with Crippen LogP contribution in [-0.2, 0) is 5.41 Å². The summed E-state index contributed by atoms with van der Waals surface area (Å²) in [6.45, 7) is 9.94. The Kier molecular flexibility index (Phi) is 4.36. The van der Waals surface area contributed by atoms with Crippen molar-refractivity contribution in [3.05, 3.63) is 35.6 Å². The van der Waals surface area contributed by atoms with E-state index in [9.17, 15) is 4.39 Å². The van der Waals surface area contributed by atoms with Crippen LogP contribution in [0.1, 0.15) is 25.8 Å². The fourth-order valence-electron chi connectivity index (χ4n) is 2.61. The SMILES string of the molecule is CC(C)(CN1CCCNCC1)c1ccc(F)cc1. The molecule has 18 heavy (non-hydrogen) atoms. The molecule has 1 fully saturated rings. The lowest BCUT2D eigenvalue weighted by molar-refractivity contribution is 0.237. The van der Waals surface area contributed by atoms with Crippen LogP contribution in [0.2, 0.25) is 0 Å². The van der Waals surface area contributed by atoms with Gasteiger partial charge in [0.25, 0.3) is 0 Å². The molecular formula is C15H23FN2. The van der Waals surface area contributed by atoms with Gasteiger partial charge in [-0.25, -0.2) is 4.39 Å². The predicted molar refractivity (Wildman–Crippen MR) is 73.4 cm³/mol. The summed E-state index contributed by atoms with van der Waals surface area (Å²) in [7, 11) is 0. The first-order valence-corrected chi connectivity index (χ1v) is 6.77. The monoisotopic (exact) mass is 250 g/mol. The highest BCUT2D eigenvalue weighted by Gasteiger charge is 2.24. The second kappa shape index (κ2) is 5.81. The van der Waals surface area contributed by atoms with Gasteiger partial charge in [-0.3, -0.25) is 0 Å². The first-order chi connectivity index (χ1) is 8.58. The number of nitrogens with zero attached hydrogens (tertiary/aromatic N) is 1. The van der Waals surface area contributed by atoms with Crippen LogP contribution < -0.4 is 5.32 Å². The summed E-state index contributed by atoms with van der Waals surface area (Å²) in [5.41, 5.74) is 1.28. The molecule has 0 bridgehead atoms. The van der Waals surface area contributed by atoms with Gasteiger partial charge in [0, 0.05) is 25.0 Å². The van der Waals surface area contributed by atoms with Gasteiger partial charge in [0.1, 0.15) is 5.82 Å². The van der Waals surface area contributed by atoms with Gasteiger partial charge in [-0.05, 0) is 37.2 Å². The molecule has 0 unspecified atom stereocenters. The maximum absolute atomic E-state index is 13.0. The number of nitrogens with one attached hydrogen (secondary N) is 1. The molecule has 1 aliphatic rings. The van der Waals surface area contributed by atoms with E-state index in [1.54, 1.807) is 12.1 Å². The fourth-order valence-corrected chi connectivity index (χ4v) is 2.61. The summed E-state index contributed by atoms with van der Waals surface area (Å²) in [4.78, 5) is 2.50. The predicted octanol–water partition coefficient (Wildman–Crippen LogP) is 2.40. The molecule has 0 spiro atoms. The van der Waals surface area contributed by atoms with E-state index in [-0.39, 0.29) is 11.2 Å². The summed E-state index contributed by atoms with van der Waals surface area (Å²) in [6.07, 6.45) is 1.21. The second-order valence-electron chi connectivity index (χ2n) is 5.77. The third-order valence-electron chi connectivity index (χ3n) is 3.68. The van der Waals surface area contributed by atoms with Crippen molar-refractivity contribution in [3.63, 3.8) is 0 Å². The molecule has 1 N–H and O–H groups in total. The first-order valence-electron chi connectivity index (χ1n) is 6.77. The van der Waals surface area contributed by atoms with E-state index in [0.29, 0.717) is 0 Å². The summed E-state index contributed by atoms with van der Waals surface area (Å²) in [5.74, 6) is -0.159. The Labute approximate surface area is 109 Å². The van der Waals surface area contributed by atoms with E-state index in [2.05, 4.69) is 24.1 Å². The van der Waals surface area contributed by atoms with E-state index < -0.39 is 0 Å². The van der Waals surface area contributed by atoms with Crippen molar-refractivity contribution >= 4 is 0 Å². The molecule has 0 amide bonds. The molecule has 1 aliphatic heterocycles. The van der Waals surface area contributed by atoms with E-state index in [4.69, 9.17) is 0 Å². The highest BCUT2D eigenvalue weighted by atomic mass is 19.1. The van der Waals surface area contributed by atoms with Crippen LogP contribution in [0.4, 0.5) is 4.39 Å². The van der Waals surface area contributed by atoms with Crippen molar-refractivity contribution in [2.75, 3.05) is 32.7 Å². The van der Waals surface area contributed by atoms with Gasteiger partial charge < -0.3 is 10.2 Å². The van der Waals surface area contributed by atoms with Crippen LogP contribution >= 0.6 is 0 Å². The molecule has 0 aromatic heterocycles. The van der Waals surface area contributed by atoms with Crippen LogP contribution in [0, 0.1) is 5.82 Å². The maximum Gasteiger partial charge on any atom is 0.123 e. The zero-order chi connectivity index (χ0) is 13.0. The van der Waals surface area contributed by atoms with E-state index in [0.717, 1.165) is 32.7 Å². The summed E-state index contributed by atoms with van der Waals surface area (Å²) >= 11 is 0. The molecule has 0 atom stereocenters. The highest BCUT2D eigenvalue weighted by molar-refractivity contribution is 5.24. The van der Waals surface area contributed by atoms with Gasteiger partial charge in [-0.1, -0.05) is 26.0 Å². The van der Waals surface area contributed by atoms with Crippen LogP contribution in [0.3, 0.4) is 0 Å². The minimum absolute atomic E-state index is 0.0675. The molecule has 2 nitrogen and oxygen atoms in total. The lowest BCUT2D eigenvalue weighted by Gasteiger charge is -2.32. The Balaban J connectivity index is 2.03. The van der Waals surface area contributed by atoms with E-state index >= 15 is 0 Å². The fraction of sp³-hybridized carbons (Fsp3) is 0.600. The lowest BCUT2D eigenvalue weighted by atomic mass is 9.84. The summed E-state index contributed by atoms with van der Waals surface area (Å²) in [6, 6.07) is 6.93. The normalized spacial score (nSPS) is 18.6. The van der Waals surface area contributed by atoms with Crippen LogP contribution in [0.5, 0.6) is 0 Å². The van der Waals surface area contributed by atoms with Gasteiger partial charge in [0.2, 0.25) is 0 Å². The number of halogens is 1. The third kappa shape index (κ3) is 3.53. The largest absolute Gasteiger partial charge is 0.315 e. The number of hydrogen-bond acceptors (Lipinski definition) is 2. The van der Waals surface area contributed by atoms with Gasteiger partial charge in [-0.15, -0.1) is 0 Å². The Morgan fingerprint density at radius 2 is 1.89 bits per heavy atom. The molecule has 3 heteroatoms. The standard InChI is InChI=1S/C15H23FN2/c1-15(2,13-4-6-14(16)7-5-13)12-18-10-3-8-17-9-11-18/h4-7,17H,3,8-12H2,1-2H3. The van der Waals surface area contributed by atoms with Gasteiger partial charge in [-0.2, -0.15) is 0 Å². The Bertz CT molecular complexity index is 365. The maximum atomic E-state index is 13.0. The van der Waals surface area contributed by atoms with Crippen molar-refractivity contribution in [1.82, 2.24) is 10.2 Å². The third-order valence-corrected chi connectivity index (χ3v) is 3.68. The smallest absolute Gasteiger partial charge is 0.123 e. The zero-order valence-corrected chi connectivity index (χ0v) is 11.4. The summed E-state index contributed by atoms with van der Waals surface area (Å²) in [5, 5.41) is 3.42. The van der Waals surface area contributed by atoms with Crippen molar-refractivity contribution in [1.29, 1.82) is 0 Å². The molecule has 0 radical (unpaired) electrons. The van der Waals surface area contributed by atoms with Crippen molar-refractivity contribution < 1.29 is 4.39 Å². The second-order valence-corrected chi connectivity index (χ2v) is 5.77. The Hall–Kier alpha value is -0.930. The molecule has 1 saturated heterocycles. The molecule has 1 aromatic carbocycles. The van der Waals surface area contributed by atoms with Gasteiger partial charge in [0.05, 0.1) is 0 Å². The van der Waals surface area contributed by atoms with Crippen molar-refractivity contribution in [3.8, 4) is 0 Å². The molecular weight excluding hydrogens is 227 g/mol. The minimum Gasteiger partial charge on any atom is -0.315 e. The molecule has 0 saturated carbocycles. The molecule has 1 heterocycles. The average Bonchev–Trinajstić information content (AvgIpc) is 2.57. The quantitative estimate of drug-likeness (QED) is 0.886. The first kappa shape index (κ1) is 13.5. The molecule has 1 aromatic rings. The number of hydrogen-bond donors (Lipinski definition) is 1. The number of rotatable bonds is 3. The van der Waals surface area contributed by atoms with Crippen molar-refractivity contribution in [2.24, 2.45) is 0 Å². The van der Waals surface area contributed by atoms with Crippen LogP contribution in [0.25, 0.3) is 0 Å². The molecule has 2 rings (SSSR count). The highest BCUT2D eigenvalue weighted by Crippen LogP contribution is 2.24. The van der Waals surface area contributed by atoms with Crippen LogP contribution in [-0.4, -0.2) is 37.6 Å². The van der Waals surface area contributed by atoms with Gasteiger partial charge in [0.15, 0.2) is 0 Å². The average molecular weight is 250 g/mol. The Morgan fingerprint density at radius 3 is 2.61 bits per heavy atom. The van der Waals surface area contributed by atoms with Crippen molar-refractivity contribution in [2.45, 2.75) is 25.7 Å². The van der Waals surface area contributed by atoms with E-state index in [1.165, 1.54) is 12.0 Å². The Morgan fingerprint density at radius 1 is 1.17 bits per heavy atom. The zero-order valence-electron chi connectivity index (χ0n) is 11.4. The topological polar surface area (TPSA) is 15.3 Å². The van der Waals surface area contributed by atoms with Gasteiger partial charge >= 0.3 is 0 Å². The van der Waals surface area contributed by atoms with Crippen LogP contribution in [0.15, 0.2) is 24.3 Å².